The normalized spacial score (nSPS) is 11.0. The first-order valence-corrected chi connectivity index (χ1v) is 7.09. The number of carbonyl (C=O) groups excluding carboxylic acids is 1. The molecular formula is C17H19N3O3. The Kier molecular flexibility index (Phi) is 5.57. The van der Waals surface area contributed by atoms with Crippen LogP contribution in [0, 0.1) is 0 Å². The van der Waals surface area contributed by atoms with Gasteiger partial charge in [0.1, 0.15) is 11.5 Å². The van der Waals surface area contributed by atoms with Crippen LogP contribution in [0.3, 0.4) is 0 Å². The zero-order valence-corrected chi connectivity index (χ0v) is 13.0. The third-order valence-electron chi connectivity index (χ3n) is 3.19. The van der Waals surface area contributed by atoms with Gasteiger partial charge >= 0.3 is 0 Å². The van der Waals surface area contributed by atoms with Crippen LogP contribution in [0.4, 0.5) is 5.69 Å². The lowest BCUT2D eigenvalue weighted by molar-refractivity contribution is -0.119. The van der Waals surface area contributed by atoms with Gasteiger partial charge < -0.3 is 15.2 Å². The van der Waals surface area contributed by atoms with Crippen molar-refractivity contribution < 1.29 is 14.6 Å². The maximum absolute atomic E-state index is 11.8. The van der Waals surface area contributed by atoms with Gasteiger partial charge in [0.25, 0.3) is 5.91 Å². The average Bonchev–Trinajstić information content (AvgIpc) is 2.58. The largest absolute Gasteiger partial charge is 0.507 e. The van der Waals surface area contributed by atoms with Crippen LogP contribution in [0.15, 0.2) is 53.6 Å². The van der Waals surface area contributed by atoms with Gasteiger partial charge in [-0.3, -0.25) is 4.79 Å². The van der Waals surface area contributed by atoms with Crippen molar-refractivity contribution >= 4 is 17.3 Å². The van der Waals surface area contributed by atoms with E-state index < -0.39 is 0 Å². The van der Waals surface area contributed by atoms with E-state index >= 15 is 0 Å². The predicted octanol–water partition coefficient (Wildman–Crippen LogP) is 2.35. The lowest BCUT2D eigenvalue weighted by atomic mass is 10.1. The molecule has 6 heteroatoms. The number of nitrogens with zero attached hydrogens (tertiary/aromatic N) is 1. The van der Waals surface area contributed by atoms with Crippen molar-refractivity contribution in [2.75, 3.05) is 19.0 Å². The van der Waals surface area contributed by atoms with E-state index in [1.54, 1.807) is 50.4 Å². The molecular weight excluding hydrogens is 294 g/mol. The second-order valence-electron chi connectivity index (χ2n) is 4.83. The Bertz CT molecular complexity index is 696. The number of anilines is 1. The van der Waals surface area contributed by atoms with Crippen molar-refractivity contribution in [2.45, 2.75) is 6.92 Å². The number of phenolic OH excluding ortho intramolecular Hbond substituents is 1. The molecule has 2 rings (SSSR count). The fraction of sp³-hybridized carbons (Fsp3) is 0.176. The number of aromatic hydroxyl groups is 1. The Morgan fingerprint density at radius 3 is 2.52 bits per heavy atom. The Morgan fingerprint density at radius 2 is 1.87 bits per heavy atom. The molecule has 0 unspecified atom stereocenters. The smallest absolute Gasteiger partial charge is 0.259 e. The number of methoxy groups -OCH3 is 1. The minimum Gasteiger partial charge on any atom is -0.507 e. The molecule has 3 N–H and O–H groups in total. The molecule has 0 atom stereocenters. The lowest BCUT2D eigenvalue weighted by Gasteiger charge is -2.07. The second-order valence-corrected chi connectivity index (χ2v) is 4.83. The molecule has 6 nitrogen and oxygen atoms in total. The van der Waals surface area contributed by atoms with Crippen LogP contribution >= 0.6 is 0 Å². The third kappa shape index (κ3) is 4.74. The Labute approximate surface area is 134 Å². The molecule has 23 heavy (non-hydrogen) atoms. The topological polar surface area (TPSA) is 83.0 Å². The molecule has 0 aliphatic heterocycles. The zero-order chi connectivity index (χ0) is 16.7. The maximum Gasteiger partial charge on any atom is 0.259 e. The first kappa shape index (κ1) is 16.4. The van der Waals surface area contributed by atoms with Crippen molar-refractivity contribution in [2.24, 2.45) is 5.10 Å². The number of para-hydroxylation sites is 1. The number of carbonyl (C=O) groups is 1. The van der Waals surface area contributed by atoms with E-state index in [0.29, 0.717) is 11.3 Å². The first-order valence-electron chi connectivity index (χ1n) is 7.09. The Balaban J connectivity index is 1.87. The summed E-state index contributed by atoms with van der Waals surface area (Å²) in [4.78, 5) is 11.8. The van der Waals surface area contributed by atoms with Gasteiger partial charge in [0.05, 0.1) is 19.4 Å². The van der Waals surface area contributed by atoms with Crippen molar-refractivity contribution in [3.8, 4) is 11.5 Å². The molecule has 0 aromatic heterocycles. The summed E-state index contributed by atoms with van der Waals surface area (Å²) >= 11 is 0. The molecule has 0 spiro atoms. The van der Waals surface area contributed by atoms with Crippen LogP contribution < -0.4 is 15.5 Å². The summed E-state index contributed by atoms with van der Waals surface area (Å²) in [6.07, 6.45) is 0. The van der Waals surface area contributed by atoms with Gasteiger partial charge in [0.15, 0.2) is 0 Å². The van der Waals surface area contributed by atoms with E-state index in [-0.39, 0.29) is 18.2 Å². The van der Waals surface area contributed by atoms with Gasteiger partial charge in [-0.15, -0.1) is 0 Å². The Morgan fingerprint density at radius 1 is 1.17 bits per heavy atom. The number of hydrogen-bond donors (Lipinski definition) is 3. The molecule has 0 radical (unpaired) electrons. The van der Waals surface area contributed by atoms with Gasteiger partial charge in [0, 0.05) is 11.3 Å². The molecule has 0 aliphatic rings. The van der Waals surface area contributed by atoms with Crippen LogP contribution in [0.2, 0.25) is 0 Å². The van der Waals surface area contributed by atoms with Crippen LogP contribution in [0.1, 0.15) is 12.5 Å². The quantitative estimate of drug-likeness (QED) is 0.565. The van der Waals surface area contributed by atoms with E-state index in [0.717, 1.165) is 11.4 Å². The van der Waals surface area contributed by atoms with Crippen LogP contribution in [0.25, 0.3) is 0 Å². The Hall–Kier alpha value is -3.02. The number of benzene rings is 2. The molecule has 2 aromatic carbocycles. The molecule has 0 saturated heterocycles. The summed E-state index contributed by atoms with van der Waals surface area (Å²) in [5.41, 5.74) is 4.37. The van der Waals surface area contributed by atoms with Crippen molar-refractivity contribution in [3.05, 3.63) is 54.1 Å². The molecule has 2 aromatic rings. The summed E-state index contributed by atoms with van der Waals surface area (Å²) in [5.74, 6) is 0.595. The lowest BCUT2D eigenvalue weighted by Crippen LogP contribution is -2.26. The van der Waals surface area contributed by atoms with Gasteiger partial charge in [0.2, 0.25) is 0 Å². The number of ether oxygens (including phenoxy) is 1. The van der Waals surface area contributed by atoms with E-state index in [2.05, 4.69) is 15.8 Å². The number of nitrogens with one attached hydrogen (secondary N) is 2. The standard InChI is InChI=1S/C17H19N3O3/c1-12(15-5-3-4-6-16(15)21)19-20-17(22)11-18-13-7-9-14(23-2)10-8-13/h3-10,18,21H,11H2,1-2H3,(H,20,22)/b19-12+. The van der Waals surface area contributed by atoms with Crippen molar-refractivity contribution in [1.29, 1.82) is 0 Å². The molecule has 0 heterocycles. The van der Waals surface area contributed by atoms with Gasteiger partial charge in [-0.25, -0.2) is 5.43 Å². The minimum atomic E-state index is -0.282. The fourth-order valence-corrected chi connectivity index (χ4v) is 1.92. The highest BCUT2D eigenvalue weighted by Crippen LogP contribution is 2.16. The van der Waals surface area contributed by atoms with Crippen molar-refractivity contribution in [3.63, 3.8) is 0 Å². The van der Waals surface area contributed by atoms with E-state index in [1.807, 2.05) is 12.1 Å². The second kappa shape index (κ2) is 7.84. The monoisotopic (exact) mass is 313 g/mol. The summed E-state index contributed by atoms with van der Waals surface area (Å²) in [6, 6.07) is 14.1. The number of phenols is 1. The SMILES string of the molecule is COc1ccc(NCC(=O)N/N=C(\C)c2ccccc2O)cc1. The highest BCUT2D eigenvalue weighted by molar-refractivity contribution is 6.01. The molecule has 120 valence electrons. The molecule has 0 aliphatic carbocycles. The van der Waals surface area contributed by atoms with E-state index in [1.165, 1.54) is 0 Å². The fourth-order valence-electron chi connectivity index (χ4n) is 1.92. The summed E-state index contributed by atoms with van der Waals surface area (Å²) < 4.78 is 5.07. The van der Waals surface area contributed by atoms with Gasteiger partial charge in [-0.1, -0.05) is 12.1 Å². The van der Waals surface area contributed by atoms with Crippen LogP contribution in [0.5, 0.6) is 11.5 Å². The predicted molar refractivity (Wildman–Crippen MR) is 89.9 cm³/mol. The highest BCUT2D eigenvalue weighted by atomic mass is 16.5. The maximum atomic E-state index is 11.8. The first-order chi connectivity index (χ1) is 11.1. The number of amides is 1. The summed E-state index contributed by atoms with van der Waals surface area (Å²) in [5, 5.41) is 16.7. The number of hydrogen-bond acceptors (Lipinski definition) is 5. The van der Waals surface area contributed by atoms with Crippen molar-refractivity contribution in [1.82, 2.24) is 5.43 Å². The minimum absolute atomic E-state index is 0.0872. The van der Waals surface area contributed by atoms with E-state index in [9.17, 15) is 9.90 Å². The molecule has 0 fully saturated rings. The molecule has 1 amide bonds. The number of hydrazone groups is 1. The average molecular weight is 313 g/mol. The highest BCUT2D eigenvalue weighted by Gasteiger charge is 2.05. The van der Waals surface area contributed by atoms with Gasteiger partial charge in [-0.2, -0.15) is 5.10 Å². The van der Waals surface area contributed by atoms with Crippen LogP contribution in [-0.4, -0.2) is 30.4 Å². The summed E-state index contributed by atoms with van der Waals surface area (Å²) in [7, 11) is 1.60. The van der Waals surface area contributed by atoms with E-state index in [4.69, 9.17) is 4.74 Å². The van der Waals surface area contributed by atoms with Crippen LogP contribution in [-0.2, 0) is 4.79 Å². The van der Waals surface area contributed by atoms with Gasteiger partial charge in [-0.05, 0) is 43.3 Å². The summed E-state index contributed by atoms with van der Waals surface area (Å²) in [6.45, 7) is 1.80. The third-order valence-corrected chi connectivity index (χ3v) is 3.19. The zero-order valence-electron chi connectivity index (χ0n) is 13.0. The molecule has 0 saturated carbocycles. The number of rotatable bonds is 6. The molecule has 0 bridgehead atoms.